The number of carbonyl (C=O) groups is 1. The zero-order chi connectivity index (χ0) is 18.0. The molecule has 128 valence electrons. The lowest BCUT2D eigenvalue weighted by molar-refractivity contribution is 0.102. The van der Waals surface area contributed by atoms with Gasteiger partial charge in [-0.25, -0.2) is 8.78 Å². The van der Waals surface area contributed by atoms with E-state index in [1.807, 2.05) is 24.3 Å². The fraction of sp³-hybridized carbons (Fsp3) is 0.167. The lowest BCUT2D eigenvalue weighted by Gasteiger charge is -2.04. The monoisotopic (exact) mass is 359 g/mol. The number of nitrogens with zero attached hydrogens (tertiary/aromatic N) is 2. The zero-order valence-corrected chi connectivity index (χ0v) is 14.4. The first-order chi connectivity index (χ1) is 11.9. The summed E-state index contributed by atoms with van der Waals surface area (Å²) in [6, 6.07) is 10.6. The van der Waals surface area contributed by atoms with Gasteiger partial charge in [-0.2, -0.15) is 0 Å². The average molecular weight is 359 g/mol. The molecular weight excluding hydrogens is 344 g/mol. The summed E-state index contributed by atoms with van der Waals surface area (Å²) in [7, 11) is 0. The van der Waals surface area contributed by atoms with Gasteiger partial charge >= 0.3 is 0 Å². The normalized spacial score (nSPS) is 10.9. The van der Waals surface area contributed by atoms with Gasteiger partial charge in [0.2, 0.25) is 5.13 Å². The number of benzene rings is 2. The number of halogens is 2. The van der Waals surface area contributed by atoms with Crippen molar-refractivity contribution in [3.8, 4) is 10.6 Å². The van der Waals surface area contributed by atoms with Crippen LogP contribution in [0.15, 0.2) is 42.5 Å². The predicted molar refractivity (Wildman–Crippen MR) is 93.7 cm³/mol. The van der Waals surface area contributed by atoms with Crippen LogP contribution >= 0.6 is 11.3 Å². The molecule has 3 aromatic rings. The molecule has 0 saturated carbocycles. The molecule has 0 radical (unpaired) electrons. The molecule has 2 aromatic carbocycles. The molecule has 0 aliphatic rings. The maximum Gasteiger partial charge on any atom is 0.257 e. The second-order valence-electron chi connectivity index (χ2n) is 5.80. The highest BCUT2D eigenvalue weighted by atomic mass is 32.1. The maximum atomic E-state index is 13.2. The van der Waals surface area contributed by atoms with Crippen molar-refractivity contribution in [2.24, 2.45) is 0 Å². The van der Waals surface area contributed by atoms with Crippen molar-refractivity contribution in [3.63, 3.8) is 0 Å². The van der Waals surface area contributed by atoms with Gasteiger partial charge in [0.1, 0.15) is 16.6 Å². The van der Waals surface area contributed by atoms with E-state index < -0.39 is 17.5 Å². The lowest BCUT2D eigenvalue weighted by Crippen LogP contribution is -2.12. The summed E-state index contributed by atoms with van der Waals surface area (Å²) in [4.78, 5) is 12.1. The Bertz CT molecular complexity index is 887. The average Bonchev–Trinajstić information content (AvgIpc) is 3.02. The van der Waals surface area contributed by atoms with Crippen LogP contribution in [-0.2, 0) is 0 Å². The molecule has 0 aliphatic heterocycles. The second-order valence-corrected chi connectivity index (χ2v) is 6.78. The smallest absolute Gasteiger partial charge is 0.257 e. The summed E-state index contributed by atoms with van der Waals surface area (Å²) in [5.74, 6) is -1.83. The van der Waals surface area contributed by atoms with Gasteiger partial charge in [0.05, 0.1) is 0 Å². The molecule has 7 heteroatoms. The van der Waals surface area contributed by atoms with E-state index in [9.17, 15) is 13.6 Å². The summed E-state index contributed by atoms with van der Waals surface area (Å²) in [6.45, 7) is 4.23. The Kier molecular flexibility index (Phi) is 4.85. The minimum Gasteiger partial charge on any atom is -0.296 e. The van der Waals surface area contributed by atoms with E-state index in [4.69, 9.17) is 0 Å². The van der Waals surface area contributed by atoms with Crippen molar-refractivity contribution in [3.05, 3.63) is 65.2 Å². The van der Waals surface area contributed by atoms with E-state index >= 15 is 0 Å². The van der Waals surface area contributed by atoms with Crippen LogP contribution in [0, 0.1) is 11.6 Å². The number of carbonyl (C=O) groups excluding carboxylic acids is 1. The van der Waals surface area contributed by atoms with Crippen LogP contribution in [0.25, 0.3) is 10.6 Å². The van der Waals surface area contributed by atoms with Gasteiger partial charge in [0, 0.05) is 17.2 Å². The van der Waals surface area contributed by atoms with Crippen LogP contribution in [0.5, 0.6) is 0 Å². The number of nitrogens with one attached hydrogen (secondary N) is 1. The molecule has 25 heavy (non-hydrogen) atoms. The highest BCUT2D eigenvalue weighted by Crippen LogP contribution is 2.28. The highest BCUT2D eigenvalue weighted by molar-refractivity contribution is 7.18. The van der Waals surface area contributed by atoms with E-state index in [1.54, 1.807) is 0 Å². The van der Waals surface area contributed by atoms with Gasteiger partial charge in [-0.1, -0.05) is 49.4 Å². The summed E-state index contributed by atoms with van der Waals surface area (Å²) < 4.78 is 26.4. The van der Waals surface area contributed by atoms with Crippen molar-refractivity contribution in [1.29, 1.82) is 0 Å². The fourth-order valence-electron chi connectivity index (χ4n) is 2.26. The van der Waals surface area contributed by atoms with E-state index in [1.165, 1.54) is 16.9 Å². The van der Waals surface area contributed by atoms with Crippen LogP contribution in [0.1, 0.15) is 35.7 Å². The molecule has 1 amide bonds. The molecule has 0 atom stereocenters. The van der Waals surface area contributed by atoms with Gasteiger partial charge < -0.3 is 0 Å². The Balaban J connectivity index is 1.76. The zero-order valence-electron chi connectivity index (χ0n) is 13.6. The largest absolute Gasteiger partial charge is 0.296 e. The Hall–Kier alpha value is -2.67. The quantitative estimate of drug-likeness (QED) is 0.724. The Morgan fingerprint density at radius 3 is 2.28 bits per heavy atom. The molecule has 4 nitrogen and oxygen atoms in total. The standard InChI is InChI=1S/C18H15F2N3OS/c1-10(2)11-3-5-12(6-4-11)17-22-23-18(25-17)21-16(24)13-7-14(19)9-15(20)8-13/h3-10H,1-2H3,(H,21,23,24). The van der Waals surface area contributed by atoms with Crippen molar-refractivity contribution < 1.29 is 13.6 Å². The van der Waals surface area contributed by atoms with Gasteiger partial charge in [-0.15, -0.1) is 10.2 Å². The first-order valence-electron chi connectivity index (χ1n) is 7.63. The summed E-state index contributed by atoms with van der Waals surface area (Å²) in [5, 5.41) is 11.4. The number of amides is 1. The third kappa shape index (κ3) is 4.06. The fourth-order valence-corrected chi connectivity index (χ4v) is 3.00. The molecular formula is C18H15F2N3OS. The van der Waals surface area contributed by atoms with Crippen molar-refractivity contribution in [2.75, 3.05) is 5.32 Å². The van der Waals surface area contributed by atoms with E-state index in [0.29, 0.717) is 17.0 Å². The van der Waals surface area contributed by atoms with Crippen molar-refractivity contribution in [1.82, 2.24) is 10.2 Å². The topological polar surface area (TPSA) is 54.9 Å². The van der Waals surface area contributed by atoms with Gasteiger partial charge in [-0.3, -0.25) is 10.1 Å². The van der Waals surface area contributed by atoms with Crippen LogP contribution in [0.3, 0.4) is 0 Å². The summed E-state index contributed by atoms with van der Waals surface area (Å²) >= 11 is 1.19. The first kappa shape index (κ1) is 17.2. The molecule has 1 aromatic heterocycles. The number of rotatable bonds is 4. The molecule has 3 rings (SSSR count). The van der Waals surface area contributed by atoms with E-state index in [2.05, 4.69) is 29.4 Å². The van der Waals surface area contributed by atoms with E-state index in [0.717, 1.165) is 17.7 Å². The van der Waals surface area contributed by atoms with E-state index in [-0.39, 0.29) is 10.7 Å². The third-order valence-electron chi connectivity index (χ3n) is 3.59. The molecule has 0 unspecified atom stereocenters. The molecule has 0 fully saturated rings. The molecule has 0 aliphatic carbocycles. The van der Waals surface area contributed by atoms with Gasteiger partial charge in [-0.05, 0) is 23.6 Å². The van der Waals surface area contributed by atoms with Gasteiger partial charge in [0.15, 0.2) is 0 Å². The van der Waals surface area contributed by atoms with Crippen LogP contribution in [-0.4, -0.2) is 16.1 Å². The molecule has 1 N–H and O–H groups in total. The van der Waals surface area contributed by atoms with Crippen molar-refractivity contribution in [2.45, 2.75) is 19.8 Å². The van der Waals surface area contributed by atoms with Crippen LogP contribution in [0.4, 0.5) is 13.9 Å². The molecule has 0 saturated heterocycles. The lowest BCUT2D eigenvalue weighted by atomic mass is 10.0. The molecule has 0 spiro atoms. The number of anilines is 1. The summed E-state index contributed by atoms with van der Waals surface area (Å²) in [6.07, 6.45) is 0. The van der Waals surface area contributed by atoms with Crippen LogP contribution < -0.4 is 5.32 Å². The molecule has 0 bridgehead atoms. The Morgan fingerprint density at radius 2 is 1.68 bits per heavy atom. The first-order valence-corrected chi connectivity index (χ1v) is 8.45. The number of hydrogen-bond donors (Lipinski definition) is 1. The van der Waals surface area contributed by atoms with Gasteiger partial charge in [0.25, 0.3) is 5.91 Å². The predicted octanol–water partition coefficient (Wildman–Crippen LogP) is 4.86. The van der Waals surface area contributed by atoms with Crippen LogP contribution in [0.2, 0.25) is 0 Å². The maximum absolute atomic E-state index is 13.2. The molecule has 1 heterocycles. The minimum atomic E-state index is -0.812. The number of hydrogen-bond acceptors (Lipinski definition) is 4. The third-order valence-corrected chi connectivity index (χ3v) is 4.48. The Morgan fingerprint density at radius 1 is 1.04 bits per heavy atom. The minimum absolute atomic E-state index is 0.115. The SMILES string of the molecule is CC(C)c1ccc(-c2nnc(NC(=O)c3cc(F)cc(F)c3)s2)cc1. The Labute approximate surface area is 147 Å². The second kappa shape index (κ2) is 7.06. The number of aromatic nitrogens is 2. The summed E-state index contributed by atoms with van der Waals surface area (Å²) in [5.41, 5.74) is 1.99. The highest BCUT2D eigenvalue weighted by Gasteiger charge is 2.13. The van der Waals surface area contributed by atoms with Crippen molar-refractivity contribution >= 4 is 22.4 Å².